The van der Waals surface area contributed by atoms with Crippen LogP contribution in [0.2, 0.25) is 0 Å². The zero-order valence-corrected chi connectivity index (χ0v) is 21.6. The molecule has 37 heavy (non-hydrogen) atoms. The van der Waals surface area contributed by atoms with Gasteiger partial charge in [-0.3, -0.25) is 14.5 Å². The molecule has 0 radical (unpaired) electrons. The van der Waals surface area contributed by atoms with Crippen LogP contribution in [0, 0.1) is 5.82 Å². The van der Waals surface area contributed by atoms with Crippen LogP contribution >= 0.6 is 11.3 Å². The fourth-order valence-corrected chi connectivity index (χ4v) is 5.16. The summed E-state index contributed by atoms with van der Waals surface area (Å²) in [6.07, 6.45) is 2.53. The maximum atomic E-state index is 14.1. The Balaban J connectivity index is 1.71. The Morgan fingerprint density at radius 2 is 1.89 bits per heavy atom. The van der Waals surface area contributed by atoms with Crippen LogP contribution in [0.4, 0.5) is 9.52 Å². The fourth-order valence-electron chi connectivity index (χ4n) is 4.35. The Morgan fingerprint density at radius 3 is 2.62 bits per heavy atom. The first-order valence-electron chi connectivity index (χ1n) is 12.3. The van der Waals surface area contributed by atoms with E-state index in [9.17, 15) is 14.0 Å². The molecule has 1 unspecified atom stereocenters. The van der Waals surface area contributed by atoms with Gasteiger partial charge in [0.1, 0.15) is 16.4 Å². The van der Waals surface area contributed by atoms with Crippen molar-refractivity contribution in [3.8, 4) is 11.5 Å². The number of aryl methyl sites for hydroxylation is 1. The third-order valence-corrected chi connectivity index (χ3v) is 7.20. The van der Waals surface area contributed by atoms with Gasteiger partial charge in [0, 0.05) is 0 Å². The smallest absolute Gasteiger partial charge is 0.297 e. The number of amides is 1. The number of ether oxygens (including phenoxy) is 2. The summed E-state index contributed by atoms with van der Waals surface area (Å²) in [7, 11) is 0. The van der Waals surface area contributed by atoms with Gasteiger partial charge in [-0.1, -0.05) is 37.7 Å². The average Bonchev–Trinajstić information content (AvgIpc) is 3.48. The van der Waals surface area contributed by atoms with Crippen molar-refractivity contribution in [1.82, 2.24) is 10.2 Å². The molecule has 8 nitrogen and oxygen atoms in total. The molecule has 0 fully saturated rings. The van der Waals surface area contributed by atoms with Crippen molar-refractivity contribution in [2.75, 3.05) is 18.1 Å². The lowest BCUT2D eigenvalue weighted by atomic mass is 9.98. The van der Waals surface area contributed by atoms with Crippen molar-refractivity contribution in [3.05, 3.63) is 74.3 Å². The van der Waals surface area contributed by atoms with Crippen LogP contribution in [0.5, 0.6) is 11.5 Å². The Hall–Kier alpha value is -3.79. The molecule has 0 saturated heterocycles. The summed E-state index contributed by atoms with van der Waals surface area (Å²) >= 11 is 1.27. The van der Waals surface area contributed by atoms with E-state index in [0.29, 0.717) is 41.8 Å². The van der Waals surface area contributed by atoms with E-state index in [-0.39, 0.29) is 22.3 Å². The van der Waals surface area contributed by atoms with Crippen molar-refractivity contribution in [2.45, 2.75) is 46.1 Å². The third-order valence-electron chi connectivity index (χ3n) is 6.14. The molecular weight excluding hydrogens is 497 g/mol. The second kappa shape index (κ2) is 10.3. The predicted octanol–water partition coefficient (Wildman–Crippen LogP) is 5.67. The van der Waals surface area contributed by atoms with Gasteiger partial charge >= 0.3 is 0 Å². The Bertz CT molecular complexity index is 1530. The summed E-state index contributed by atoms with van der Waals surface area (Å²) in [6.45, 7) is 6.84. The van der Waals surface area contributed by atoms with Gasteiger partial charge in [-0.25, -0.2) is 4.39 Å². The number of fused-ring (bicyclic) bond motifs is 2. The highest BCUT2D eigenvalue weighted by Gasteiger charge is 2.45. The predicted molar refractivity (Wildman–Crippen MR) is 138 cm³/mol. The summed E-state index contributed by atoms with van der Waals surface area (Å²) < 4.78 is 31.7. The molecule has 5 rings (SSSR count). The van der Waals surface area contributed by atoms with Crippen LogP contribution < -0.4 is 19.8 Å². The van der Waals surface area contributed by atoms with E-state index in [4.69, 9.17) is 13.9 Å². The summed E-state index contributed by atoms with van der Waals surface area (Å²) in [5.74, 6) is -0.0972. The first kappa shape index (κ1) is 24.9. The van der Waals surface area contributed by atoms with E-state index in [1.54, 1.807) is 18.2 Å². The van der Waals surface area contributed by atoms with Gasteiger partial charge in [0.15, 0.2) is 16.9 Å². The van der Waals surface area contributed by atoms with Crippen molar-refractivity contribution in [2.24, 2.45) is 0 Å². The van der Waals surface area contributed by atoms with Gasteiger partial charge in [0.2, 0.25) is 10.9 Å². The molecule has 1 atom stereocenters. The highest BCUT2D eigenvalue weighted by atomic mass is 32.1. The Kier molecular flexibility index (Phi) is 6.92. The first-order valence-corrected chi connectivity index (χ1v) is 13.1. The minimum atomic E-state index is -0.868. The maximum Gasteiger partial charge on any atom is 0.297 e. The van der Waals surface area contributed by atoms with Crippen molar-refractivity contribution in [3.63, 3.8) is 0 Å². The number of carbonyl (C=O) groups is 1. The highest BCUT2D eigenvalue weighted by molar-refractivity contribution is 7.15. The van der Waals surface area contributed by atoms with E-state index >= 15 is 0 Å². The molecular formula is C27H26FN3O5S. The fraction of sp³-hybridized carbons (Fsp3) is 0.333. The van der Waals surface area contributed by atoms with Gasteiger partial charge in [-0.05, 0) is 55.7 Å². The molecule has 4 aromatic rings. The van der Waals surface area contributed by atoms with Crippen LogP contribution in [-0.2, 0) is 6.42 Å². The SMILES string of the molecule is CCCCOc1ccc(C2c3c(oc4ccc(F)cc4c3=O)C(=O)N2c2nnc(CC)s2)cc1OCC. The van der Waals surface area contributed by atoms with Crippen LogP contribution in [0.3, 0.4) is 0 Å². The van der Waals surface area contributed by atoms with E-state index in [0.717, 1.165) is 23.9 Å². The molecule has 2 aromatic carbocycles. The standard InChI is InChI=1S/C27H26FN3O5S/c1-4-7-12-35-19-10-8-15(13-20(19)34-6-3)23-22-24(32)17-14-16(28)9-11-18(17)36-25(22)26(33)31(23)27-30-29-21(5-2)37-27/h8-11,13-14,23H,4-7,12H2,1-3H3. The van der Waals surface area contributed by atoms with Crippen molar-refractivity contribution >= 4 is 33.3 Å². The number of hydrogen-bond donors (Lipinski definition) is 0. The lowest BCUT2D eigenvalue weighted by Gasteiger charge is -2.23. The number of nitrogens with zero attached hydrogens (tertiary/aromatic N) is 3. The number of anilines is 1. The van der Waals surface area contributed by atoms with E-state index < -0.39 is 23.2 Å². The summed E-state index contributed by atoms with van der Waals surface area (Å²) in [6, 6.07) is 8.14. The number of aromatic nitrogens is 2. The van der Waals surface area contributed by atoms with Crippen molar-refractivity contribution in [1.29, 1.82) is 0 Å². The third kappa shape index (κ3) is 4.46. The molecule has 192 valence electrons. The second-order valence-electron chi connectivity index (χ2n) is 8.57. The lowest BCUT2D eigenvalue weighted by Crippen LogP contribution is -2.29. The zero-order chi connectivity index (χ0) is 26.1. The van der Waals surface area contributed by atoms with Crippen LogP contribution in [-0.4, -0.2) is 29.3 Å². The molecule has 0 bridgehead atoms. The number of hydrogen-bond acceptors (Lipinski definition) is 8. The largest absolute Gasteiger partial charge is 0.490 e. The van der Waals surface area contributed by atoms with Crippen LogP contribution in [0.15, 0.2) is 45.6 Å². The molecule has 1 aliphatic rings. The van der Waals surface area contributed by atoms with Gasteiger partial charge in [0.25, 0.3) is 5.91 Å². The molecule has 0 N–H and O–H groups in total. The molecule has 1 amide bonds. The molecule has 10 heteroatoms. The minimum absolute atomic E-state index is 0.0643. The molecule has 0 aliphatic carbocycles. The van der Waals surface area contributed by atoms with E-state index in [1.807, 2.05) is 13.8 Å². The quantitative estimate of drug-likeness (QED) is 0.261. The Labute approximate surface area is 216 Å². The monoisotopic (exact) mass is 523 g/mol. The van der Waals surface area contributed by atoms with Gasteiger partial charge in [-0.15, -0.1) is 10.2 Å². The number of halogens is 1. The zero-order valence-electron chi connectivity index (χ0n) is 20.7. The molecule has 1 aliphatic heterocycles. The number of unbranched alkanes of at least 4 members (excludes halogenated alkanes) is 1. The molecule has 0 saturated carbocycles. The van der Waals surface area contributed by atoms with E-state index in [2.05, 4.69) is 17.1 Å². The average molecular weight is 524 g/mol. The van der Waals surface area contributed by atoms with Gasteiger partial charge in [-0.2, -0.15) is 0 Å². The summed E-state index contributed by atoms with van der Waals surface area (Å²) in [4.78, 5) is 28.8. The van der Waals surface area contributed by atoms with E-state index in [1.165, 1.54) is 28.4 Å². The van der Waals surface area contributed by atoms with Crippen LogP contribution in [0.1, 0.15) is 66.3 Å². The Morgan fingerprint density at radius 1 is 1.05 bits per heavy atom. The molecule has 0 spiro atoms. The van der Waals surface area contributed by atoms with Crippen molar-refractivity contribution < 1.29 is 23.1 Å². The van der Waals surface area contributed by atoms with Gasteiger partial charge in [0.05, 0.1) is 30.2 Å². The van der Waals surface area contributed by atoms with Gasteiger partial charge < -0.3 is 13.9 Å². The summed E-state index contributed by atoms with van der Waals surface area (Å²) in [5.41, 5.74) is 0.395. The highest BCUT2D eigenvalue weighted by Crippen LogP contribution is 2.44. The first-order chi connectivity index (χ1) is 18.0. The van der Waals surface area contributed by atoms with Crippen LogP contribution in [0.25, 0.3) is 11.0 Å². The summed E-state index contributed by atoms with van der Waals surface area (Å²) in [5, 5.41) is 9.55. The molecule has 3 heterocycles. The number of rotatable bonds is 9. The molecule has 2 aromatic heterocycles. The second-order valence-corrected chi connectivity index (χ2v) is 9.61. The minimum Gasteiger partial charge on any atom is -0.490 e. The normalized spacial score (nSPS) is 14.9. The maximum absolute atomic E-state index is 14.1. The number of carbonyl (C=O) groups excluding carboxylic acids is 1. The lowest BCUT2D eigenvalue weighted by molar-refractivity contribution is 0.0970. The topological polar surface area (TPSA) is 94.8 Å². The number of benzene rings is 2.